The van der Waals surface area contributed by atoms with Crippen LogP contribution in [-0.2, 0) is 11.2 Å². The number of carboxylic acids is 1. The van der Waals surface area contributed by atoms with Gasteiger partial charge < -0.3 is 15.5 Å². The minimum absolute atomic E-state index is 0.0531. The predicted octanol–water partition coefficient (Wildman–Crippen LogP) is 1.69. The second-order valence-corrected chi connectivity index (χ2v) is 4.44. The number of carboxylic acid groups (broad SMARTS) is 1. The molecule has 0 aliphatic carbocycles. The van der Waals surface area contributed by atoms with Crippen molar-refractivity contribution in [3.8, 4) is 5.75 Å². The van der Waals surface area contributed by atoms with Crippen LogP contribution in [0.3, 0.4) is 0 Å². The second-order valence-electron chi connectivity index (χ2n) is 4.44. The van der Waals surface area contributed by atoms with E-state index < -0.39 is 5.97 Å². The molecule has 4 heteroatoms. The number of carbonyl (C=O) groups is 1. The molecule has 2 unspecified atom stereocenters. The van der Waals surface area contributed by atoms with E-state index in [1.54, 1.807) is 0 Å². The summed E-state index contributed by atoms with van der Waals surface area (Å²) in [7, 11) is 0. The molecule has 0 amide bonds. The summed E-state index contributed by atoms with van der Waals surface area (Å²) < 4.78 is 0. The van der Waals surface area contributed by atoms with Gasteiger partial charge in [-0.15, -0.1) is 0 Å². The zero-order valence-electron chi connectivity index (χ0n) is 9.81. The highest BCUT2D eigenvalue weighted by Gasteiger charge is 2.31. The first-order valence-electron chi connectivity index (χ1n) is 5.90. The molecule has 1 aliphatic rings. The Morgan fingerprint density at radius 3 is 2.88 bits per heavy atom. The molecule has 0 bridgehead atoms. The van der Waals surface area contributed by atoms with Gasteiger partial charge in [0, 0.05) is 18.2 Å². The molecule has 1 fully saturated rings. The number of benzene rings is 1. The van der Waals surface area contributed by atoms with E-state index in [0.29, 0.717) is 18.7 Å². The molecule has 1 aliphatic heterocycles. The van der Waals surface area contributed by atoms with Crippen LogP contribution in [0.2, 0.25) is 0 Å². The number of rotatable bonds is 3. The number of aliphatic carboxylic acids is 1. The molecule has 1 aromatic carbocycles. The third-order valence-corrected chi connectivity index (χ3v) is 3.39. The van der Waals surface area contributed by atoms with Gasteiger partial charge in [0.25, 0.3) is 0 Å². The average molecular weight is 235 g/mol. The van der Waals surface area contributed by atoms with Crippen LogP contribution in [0.5, 0.6) is 5.75 Å². The largest absolute Gasteiger partial charge is 0.507 e. The number of nitrogens with one attached hydrogen (secondary N) is 1. The third-order valence-electron chi connectivity index (χ3n) is 3.39. The van der Waals surface area contributed by atoms with E-state index in [9.17, 15) is 9.90 Å². The summed E-state index contributed by atoms with van der Waals surface area (Å²) in [5.41, 5.74) is 1.72. The topological polar surface area (TPSA) is 69.6 Å². The summed E-state index contributed by atoms with van der Waals surface area (Å²) >= 11 is 0. The van der Waals surface area contributed by atoms with Gasteiger partial charge >= 0.3 is 5.97 Å². The van der Waals surface area contributed by atoms with Crippen molar-refractivity contribution >= 4 is 5.97 Å². The Balaban J connectivity index is 2.22. The molecule has 92 valence electrons. The van der Waals surface area contributed by atoms with Gasteiger partial charge in [-0.3, -0.25) is 4.79 Å². The van der Waals surface area contributed by atoms with Crippen molar-refractivity contribution in [3.63, 3.8) is 0 Å². The number of aryl methyl sites for hydroxylation is 1. The molecule has 0 radical (unpaired) electrons. The van der Waals surface area contributed by atoms with Gasteiger partial charge in [0.2, 0.25) is 0 Å². The molecule has 0 saturated carbocycles. The van der Waals surface area contributed by atoms with Crippen LogP contribution in [-0.4, -0.2) is 22.7 Å². The van der Waals surface area contributed by atoms with Crippen LogP contribution in [0.25, 0.3) is 0 Å². The Morgan fingerprint density at radius 1 is 1.53 bits per heavy atom. The van der Waals surface area contributed by atoms with Gasteiger partial charge in [-0.05, 0) is 18.4 Å². The normalized spacial score (nSPS) is 23.8. The van der Waals surface area contributed by atoms with E-state index in [2.05, 4.69) is 5.32 Å². The molecule has 2 rings (SSSR count). The number of phenolic OH excluding ortho intramolecular Hbond substituents is 1. The first kappa shape index (κ1) is 11.9. The molecule has 0 spiro atoms. The van der Waals surface area contributed by atoms with E-state index in [-0.39, 0.29) is 12.0 Å². The van der Waals surface area contributed by atoms with Gasteiger partial charge in [-0.2, -0.15) is 0 Å². The zero-order chi connectivity index (χ0) is 12.4. The predicted molar refractivity (Wildman–Crippen MR) is 64.0 cm³/mol. The number of para-hydroxylation sites is 1. The van der Waals surface area contributed by atoms with Crippen LogP contribution in [0.15, 0.2) is 18.2 Å². The van der Waals surface area contributed by atoms with Gasteiger partial charge in [-0.1, -0.05) is 25.1 Å². The number of aromatic hydroxyl groups is 1. The van der Waals surface area contributed by atoms with Gasteiger partial charge in [-0.25, -0.2) is 0 Å². The first-order chi connectivity index (χ1) is 8.13. The summed E-state index contributed by atoms with van der Waals surface area (Å²) in [5.74, 6) is -0.825. The highest BCUT2D eigenvalue weighted by Crippen LogP contribution is 2.34. The monoisotopic (exact) mass is 235 g/mol. The standard InChI is InChI=1S/C13H17NO3/c1-2-8-4-3-5-10(12(8)15)11-6-9(7-14-11)13(16)17/h3-5,9,11,14-15H,2,6-7H2,1H3,(H,16,17). The number of hydrogen-bond donors (Lipinski definition) is 3. The van der Waals surface area contributed by atoms with Gasteiger partial charge in [0.05, 0.1) is 5.92 Å². The van der Waals surface area contributed by atoms with E-state index in [4.69, 9.17) is 5.11 Å². The van der Waals surface area contributed by atoms with E-state index in [1.807, 2.05) is 25.1 Å². The Bertz CT molecular complexity index is 431. The molecule has 1 aromatic rings. The van der Waals surface area contributed by atoms with E-state index in [1.165, 1.54) is 0 Å². The molecule has 0 aromatic heterocycles. The minimum atomic E-state index is -0.772. The maximum Gasteiger partial charge on any atom is 0.307 e. The molecule has 1 heterocycles. The Labute approximate surface area is 100 Å². The van der Waals surface area contributed by atoms with Crippen LogP contribution >= 0.6 is 0 Å². The van der Waals surface area contributed by atoms with Crippen LogP contribution in [0.1, 0.15) is 30.5 Å². The zero-order valence-corrected chi connectivity index (χ0v) is 9.81. The maximum absolute atomic E-state index is 10.9. The van der Waals surface area contributed by atoms with Crippen molar-refractivity contribution in [1.29, 1.82) is 0 Å². The van der Waals surface area contributed by atoms with Crippen LogP contribution in [0, 0.1) is 5.92 Å². The smallest absolute Gasteiger partial charge is 0.307 e. The molecule has 3 N–H and O–H groups in total. The molecule has 4 nitrogen and oxygen atoms in total. The van der Waals surface area contributed by atoms with Crippen molar-refractivity contribution in [1.82, 2.24) is 5.32 Å². The average Bonchev–Trinajstić information content (AvgIpc) is 2.78. The lowest BCUT2D eigenvalue weighted by atomic mass is 9.97. The lowest BCUT2D eigenvalue weighted by Crippen LogP contribution is -2.17. The third kappa shape index (κ3) is 2.26. The second kappa shape index (κ2) is 4.75. The molecule has 1 saturated heterocycles. The lowest BCUT2D eigenvalue weighted by molar-refractivity contribution is -0.141. The molecule has 2 atom stereocenters. The SMILES string of the molecule is CCc1cccc(C2CC(C(=O)O)CN2)c1O. The first-order valence-corrected chi connectivity index (χ1v) is 5.90. The van der Waals surface area contributed by atoms with Crippen molar-refractivity contribution in [3.05, 3.63) is 29.3 Å². The Morgan fingerprint density at radius 2 is 2.29 bits per heavy atom. The summed E-state index contributed by atoms with van der Waals surface area (Å²) in [4.78, 5) is 10.9. The van der Waals surface area contributed by atoms with Gasteiger partial charge in [0.15, 0.2) is 0 Å². The molecular formula is C13H17NO3. The quantitative estimate of drug-likeness (QED) is 0.745. The van der Waals surface area contributed by atoms with E-state index >= 15 is 0 Å². The highest BCUT2D eigenvalue weighted by molar-refractivity contribution is 5.71. The fraction of sp³-hybridized carbons (Fsp3) is 0.462. The Kier molecular flexibility index (Phi) is 3.33. The summed E-state index contributed by atoms with van der Waals surface area (Å²) in [6.07, 6.45) is 1.31. The van der Waals surface area contributed by atoms with Crippen molar-refractivity contribution < 1.29 is 15.0 Å². The van der Waals surface area contributed by atoms with Crippen molar-refractivity contribution in [2.75, 3.05) is 6.54 Å². The van der Waals surface area contributed by atoms with Gasteiger partial charge in [0.1, 0.15) is 5.75 Å². The minimum Gasteiger partial charge on any atom is -0.507 e. The summed E-state index contributed by atoms with van der Waals surface area (Å²) in [6.45, 7) is 2.46. The van der Waals surface area contributed by atoms with Crippen molar-refractivity contribution in [2.24, 2.45) is 5.92 Å². The number of hydrogen-bond acceptors (Lipinski definition) is 3. The molecule has 17 heavy (non-hydrogen) atoms. The summed E-state index contributed by atoms with van der Waals surface area (Å²) in [5, 5.41) is 22.2. The van der Waals surface area contributed by atoms with Crippen LogP contribution < -0.4 is 5.32 Å². The molecular weight excluding hydrogens is 218 g/mol. The van der Waals surface area contributed by atoms with Crippen LogP contribution in [0.4, 0.5) is 0 Å². The maximum atomic E-state index is 10.9. The Hall–Kier alpha value is -1.55. The highest BCUT2D eigenvalue weighted by atomic mass is 16.4. The summed E-state index contributed by atoms with van der Waals surface area (Å²) in [6, 6.07) is 5.60. The fourth-order valence-electron chi connectivity index (χ4n) is 2.34. The number of phenols is 1. The van der Waals surface area contributed by atoms with E-state index in [0.717, 1.165) is 17.5 Å². The van der Waals surface area contributed by atoms with Crippen molar-refractivity contribution in [2.45, 2.75) is 25.8 Å². The lowest BCUT2D eigenvalue weighted by Gasteiger charge is -2.14. The fourth-order valence-corrected chi connectivity index (χ4v) is 2.34.